The van der Waals surface area contributed by atoms with Crippen LogP contribution in [0.1, 0.15) is 41.8 Å². The number of carbonyl (C=O) groups excluding carboxylic acids is 1. The minimum absolute atomic E-state index is 0.0988. The maximum atomic E-state index is 12.8. The number of likely N-dealkylation sites (tertiary alicyclic amines) is 1. The molecule has 3 N–H and O–H groups in total. The first-order valence-electron chi connectivity index (χ1n) is 11.1. The van der Waals surface area contributed by atoms with Crippen molar-refractivity contribution in [1.29, 1.82) is 0 Å². The van der Waals surface area contributed by atoms with E-state index in [1.807, 2.05) is 19.1 Å². The molecule has 0 aliphatic carbocycles. The molecule has 0 bridgehead atoms. The Balaban J connectivity index is 1.53. The van der Waals surface area contributed by atoms with Crippen LogP contribution >= 0.6 is 23.2 Å². The SMILES string of the molecule is CC(Oc1nc(-c2cccc(C(=O)NC3CCN(C)CC3)c2)cnc1N)c1c(Cl)cccc1Cl. The molecule has 178 valence electrons. The lowest BCUT2D eigenvalue weighted by Crippen LogP contribution is -2.43. The van der Waals surface area contributed by atoms with Gasteiger partial charge in [-0.05, 0) is 64.2 Å². The lowest BCUT2D eigenvalue weighted by Gasteiger charge is -2.29. The Kier molecular flexibility index (Phi) is 7.56. The second kappa shape index (κ2) is 10.6. The molecule has 1 saturated heterocycles. The summed E-state index contributed by atoms with van der Waals surface area (Å²) in [7, 11) is 2.09. The average molecular weight is 500 g/mol. The van der Waals surface area contributed by atoms with Gasteiger partial charge in [0.15, 0.2) is 5.82 Å². The van der Waals surface area contributed by atoms with E-state index in [9.17, 15) is 4.79 Å². The number of amides is 1. The lowest BCUT2D eigenvalue weighted by molar-refractivity contribution is 0.0917. The topological polar surface area (TPSA) is 93.4 Å². The van der Waals surface area contributed by atoms with Crippen molar-refractivity contribution in [2.24, 2.45) is 0 Å². The smallest absolute Gasteiger partial charge is 0.258 e. The highest BCUT2D eigenvalue weighted by atomic mass is 35.5. The second-order valence-corrected chi connectivity index (χ2v) is 9.29. The summed E-state index contributed by atoms with van der Waals surface area (Å²) in [5.74, 6) is 0.218. The van der Waals surface area contributed by atoms with Crippen molar-refractivity contribution in [2.45, 2.75) is 31.9 Å². The monoisotopic (exact) mass is 499 g/mol. The number of nitrogens with two attached hydrogens (primary N) is 1. The van der Waals surface area contributed by atoms with Gasteiger partial charge in [-0.15, -0.1) is 0 Å². The molecule has 1 atom stereocenters. The van der Waals surface area contributed by atoms with Gasteiger partial charge >= 0.3 is 0 Å². The van der Waals surface area contributed by atoms with Gasteiger partial charge in [-0.3, -0.25) is 4.79 Å². The molecule has 0 radical (unpaired) electrons. The van der Waals surface area contributed by atoms with Gasteiger partial charge < -0.3 is 20.7 Å². The molecule has 1 aliphatic rings. The van der Waals surface area contributed by atoms with Crippen molar-refractivity contribution < 1.29 is 9.53 Å². The molecule has 3 aromatic rings. The normalized spacial score (nSPS) is 15.6. The number of hydrogen-bond donors (Lipinski definition) is 2. The number of carbonyl (C=O) groups is 1. The van der Waals surface area contributed by atoms with Crippen LogP contribution in [0, 0.1) is 0 Å². The Morgan fingerprint density at radius 3 is 2.56 bits per heavy atom. The molecule has 1 aliphatic heterocycles. The van der Waals surface area contributed by atoms with Gasteiger partial charge in [0.1, 0.15) is 6.10 Å². The highest BCUT2D eigenvalue weighted by molar-refractivity contribution is 6.36. The summed E-state index contributed by atoms with van der Waals surface area (Å²) in [6.45, 7) is 3.77. The Morgan fingerprint density at radius 1 is 1.18 bits per heavy atom. The van der Waals surface area contributed by atoms with Crippen LogP contribution in [-0.2, 0) is 0 Å². The number of nitrogens with one attached hydrogen (secondary N) is 1. The van der Waals surface area contributed by atoms with E-state index in [-0.39, 0.29) is 23.6 Å². The molecule has 2 heterocycles. The van der Waals surface area contributed by atoms with E-state index >= 15 is 0 Å². The number of nitrogen functional groups attached to an aromatic ring is 1. The van der Waals surface area contributed by atoms with E-state index in [1.54, 1.807) is 36.5 Å². The first kappa shape index (κ1) is 24.3. The van der Waals surface area contributed by atoms with Gasteiger partial charge in [0, 0.05) is 32.8 Å². The standard InChI is InChI=1S/C25H27Cl2N5O2/c1-15(22-19(26)7-4-8-20(22)27)34-25-23(28)29-14-21(31-25)16-5-3-6-17(13-16)24(33)30-18-9-11-32(2)12-10-18/h3-8,13-15,18H,9-12H2,1-2H3,(H2,28,29)(H,30,33). The summed E-state index contributed by atoms with van der Waals surface area (Å²) in [5, 5.41) is 4.12. The predicted octanol–water partition coefficient (Wildman–Crippen LogP) is 5.00. The molecular formula is C25H27Cl2N5O2. The molecule has 1 unspecified atom stereocenters. The number of rotatable bonds is 6. The molecule has 2 aromatic carbocycles. The van der Waals surface area contributed by atoms with Crippen molar-refractivity contribution in [3.05, 3.63) is 69.8 Å². The molecule has 34 heavy (non-hydrogen) atoms. The van der Waals surface area contributed by atoms with E-state index in [1.165, 1.54) is 0 Å². The van der Waals surface area contributed by atoms with Gasteiger partial charge in [-0.2, -0.15) is 0 Å². The van der Waals surface area contributed by atoms with Crippen LogP contribution in [0.2, 0.25) is 10.0 Å². The lowest BCUT2D eigenvalue weighted by atomic mass is 10.0. The molecule has 7 nitrogen and oxygen atoms in total. The maximum Gasteiger partial charge on any atom is 0.258 e. The number of aromatic nitrogens is 2. The number of anilines is 1. The summed E-state index contributed by atoms with van der Waals surface area (Å²) < 4.78 is 5.99. The van der Waals surface area contributed by atoms with Crippen molar-refractivity contribution >= 4 is 34.9 Å². The first-order chi connectivity index (χ1) is 16.3. The molecule has 4 rings (SSSR count). The fourth-order valence-electron chi connectivity index (χ4n) is 3.97. The Morgan fingerprint density at radius 2 is 1.85 bits per heavy atom. The van der Waals surface area contributed by atoms with Gasteiger partial charge in [0.05, 0.1) is 11.9 Å². The van der Waals surface area contributed by atoms with E-state index in [2.05, 4.69) is 27.2 Å². The molecule has 0 spiro atoms. The maximum absolute atomic E-state index is 12.8. The van der Waals surface area contributed by atoms with Gasteiger partial charge in [-0.25, -0.2) is 9.97 Å². The van der Waals surface area contributed by atoms with E-state index in [4.69, 9.17) is 33.7 Å². The van der Waals surface area contributed by atoms with Crippen molar-refractivity contribution in [2.75, 3.05) is 25.9 Å². The van der Waals surface area contributed by atoms with Crippen LogP contribution in [0.4, 0.5) is 5.82 Å². The van der Waals surface area contributed by atoms with Crippen molar-refractivity contribution in [3.63, 3.8) is 0 Å². The first-order valence-corrected chi connectivity index (χ1v) is 11.9. The molecule has 0 saturated carbocycles. The van der Waals surface area contributed by atoms with E-state index < -0.39 is 6.10 Å². The van der Waals surface area contributed by atoms with Crippen LogP contribution < -0.4 is 15.8 Å². The van der Waals surface area contributed by atoms with Crippen molar-refractivity contribution in [1.82, 2.24) is 20.2 Å². The molecular weight excluding hydrogens is 473 g/mol. The van der Waals surface area contributed by atoms with Crippen LogP contribution in [0.3, 0.4) is 0 Å². The van der Waals surface area contributed by atoms with Crippen molar-refractivity contribution in [3.8, 4) is 17.1 Å². The fraction of sp³-hybridized carbons (Fsp3) is 0.320. The zero-order valence-corrected chi connectivity index (χ0v) is 20.6. The fourth-order valence-corrected chi connectivity index (χ4v) is 4.68. The molecule has 9 heteroatoms. The third-order valence-electron chi connectivity index (χ3n) is 5.94. The van der Waals surface area contributed by atoms with Gasteiger partial charge in [0.25, 0.3) is 11.8 Å². The highest BCUT2D eigenvalue weighted by Crippen LogP contribution is 2.34. The number of ether oxygens (including phenoxy) is 1. The van der Waals surface area contributed by atoms with Crippen LogP contribution in [-0.4, -0.2) is 47.0 Å². The summed E-state index contributed by atoms with van der Waals surface area (Å²) in [6, 6.07) is 12.7. The predicted molar refractivity (Wildman–Crippen MR) is 135 cm³/mol. The number of hydrogen-bond acceptors (Lipinski definition) is 6. The second-order valence-electron chi connectivity index (χ2n) is 8.47. The number of halogens is 2. The van der Waals surface area contributed by atoms with Crippen LogP contribution in [0.5, 0.6) is 5.88 Å². The summed E-state index contributed by atoms with van der Waals surface area (Å²) in [5.41, 5.74) is 8.51. The van der Waals surface area contributed by atoms with Gasteiger partial charge in [0.2, 0.25) is 0 Å². The molecule has 1 fully saturated rings. The summed E-state index contributed by atoms with van der Waals surface area (Å²) >= 11 is 12.6. The Hall–Kier alpha value is -2.87. The number of benzene rings is 2. The highest BCUT2D eigenvalue weighted by Gasteiger charge is 2.20. The third kappa shape index (κ3) is 5.60. The zero-order valence-electron chi connectivity index (χ0n) is 19.1. The van der Waals surface area contributed by atoms with E-state index in [0.717, 1.165) is 31.5 Å². The Labute approximate surface area is 209 Å². The van der Waals surface area contributed by atoms with Crippen LogP contribution in [0.25, 0.3) is 11.3 Å². The minimum Gasteiger partial charge on any atom is -0.467 e. The Bertz CT molecular complexity index is 1160. The summed E-state index contributed by atoms with van der Waals surface area (Å²) in [6.07, 6.45) is 2.95. The van der Waals surface area contributed by atoms with Crippen LogP contribution in [0.15, 0.2) is 48.7 Å². The van der Waals surface area contributed by atoms with E-state index in [0.29, 0.717) is 26.9 Å². The molecule has 1 amide bonds. The average Bonchev–Trinajstić information content (AvgIpc) is 2.82. The number of piperidine rings is 1. The summed E-state index contributed by atoms with van der Waals surface area (Å²) in [4.78, 5) is 23.9. The number of nitrogens with zero attached hydrogens (tertiary/aromatic N) is 3. The molecule has 1 aromatic heterocycles. The zero-order chi connectivity index (χ0) is 24.2. The third-order valence-corrected chi connectivity index (χ3v) is 6.60. The quantitative estimate of drug-likeness (QED) is 0.495. The van der Waals surface area contributed by atoms with Gasteiger partial charge in [-0.1, -0.05) is 41.4 Å². The largest absolute Gasteiger partial charge is 0.467 e. The minimum atomic E-state index is -0.500.